The lowest BCUT2D eigenvalue weighted by molar-refractivity contribution is -0.155. The highest BCUT2D eigenvalue weighted by Gasteiger charge is 2.46. The van der Waals surface area contributed by atoms with E-state index in [1.807, 2.05) is 18.2 Å². The molecule has 5 heterocycles. The normalized spacial score (nSPS) is 20.3. The van der Waals surface area contributed by atoms with Gasteiger partial charge >= 0.3 is 25.5 Å². The van der Waals surface area contributed by atoms with Crippen LogP contribution in [0.25, 0.3) is 11.2 Å². The monoisotopic (exact) mass is 1030 g/mol. The molecule has 7 atom stereocenters. The topological polar surface area (TPSA) is 314 Å². The van der Waals surface area contributed by atoms with Crippen molar-refractivity contribution in [1.29, 1.82) is 5.26 Å². The lowest BCUT2D eigenvalue weighted by Gasteiger charge is -2.26. The molecule has 0 spiro atoms. The number of aromatic amines is 1. The Hall–Kier alpha value is -7.40. The molecular formula is C46H54N11O15P. The van der Waals surface area contributed by atoms with Crippen LogP contribution in [0.1, 0.15) is 64.0 Å². The molecule has 0 radical (unpaired) electrons. The molecule has 27 heteroatoms. The van der Waals surface area contributed by atoms with Gasteiger partial charge in [-0.3, -0.25) is 47.4 Å². The van der Waals surface area contributed by atoms with Crippen molar-refractivity contribution in [3.8, 4) is 17.6 Å². The van der Waals surface area contributed by atoms with Crippen molar-refractivity contribution in [1.82, 2.24) is 39.0 Å². The number of aromatic nitrogens is 7. The third kappa shape index (κ3) is 15.1. The zero-order valence-corrected chi connectivity index (χ0v) is 41.2. The number of aryl methyl sites for hydroxylation is 1. The first-order valence-electron chi connectivity index (χ1n) is 23.1. The minimum absolute atomic E-state index is 0.0192. The third-order valence-electron chi connectivity index (χ3n) is 10.9. The number of para-hydroxylation sites is 1. The van der Waals surface area contributed by atoms with Crippen LogP contribution in [0.4, 0.5) is 11.9 Å². The van der Waals surface area contributed by atoms with Gasteiger partial charge in [0, 0.05) is 33.9 Å². The van der Waals surface area contributed by atoms with E-state index in [0.717, 1.165) is 35.7 Å². The maximum absolute atomic E-state index is 14.7. The zero-order chi connectivity index (χ0) is 51.9. The molecule has 26 nitrogen and oxygen atoms in total. The molecule has 3 unspecified atom stereocenters. The summed E-state index contributed by atoms with van der Waals surface area (Å²) < 4.78 is 69.5. The summed E-state index contributed by atoms with van der Waals surface area (Å²) in [6.45, 7) is 0.906. The molecular weight excluding hydrogens is 978 g/mol. The molecule has 3 aromatic heterocycles. The van der Waals surface area contributed by atoms with Crippen molar-refractivity contribution < 1.29 is 60.9 Å². The minimum Gasteiger partial charge on any atom is -0.484 e. The first-order chi connectivity index (χ1) is 35.2. The molecule has 2 aliphatic heterocycles. The van der Waals surface area contributed by atoms with Gasteiger partial charge in [-0.2, -0.15) is 15.2 Å². The van der Waals surface area contributed by atoms with Gasteiger partial charge in [0.05, 0.1) is 38.4 Å². The number of imidazole rings is 1. The van der Waals surface area contributed by atoms with Gasteiger partial charge in [-0.15, -0.1) is 0 Å². The number of hydrogen-bond acceptors (Lipinski definition) is 21. The average molecular weight is 1030 g/mol. The summed E-state index contributed by atoms with van der Waals surface area (Å²) in [5, 5.41) is 11.8. The van der Waals surface area contributed by atoms with Crippen LogP contribution in [-0.2, 0) is 57.9 Å². The highest BCUT2D eigenvalue weighted by molar-refractivity contribution is 7.48. The first-order valence-corrected chi connectivity index (χ1v) is 24.6. The van der Waals surface area contributed by atoms with Crippen molar-refractivity contribution in [3.05, 3.63) is 93.7 Å². The number of carbonyl (C=O) groups excluding carboxylic acids is 3. The van der Waals surface area contributed by atoms with Gasteiger partial charge in [-0.1, -0.05) is 43.7 Å². The van der Waals surface area contributed by atoms with Crippen LogP contribution in [0.2, 0.25) is 0 Å². The molecule has 2 N–H and O–H groups in total. The molecule has 2 fully saturated rings. The second-order valence-electron chi connectivity index (χ2n) is 16.7. The molecule has 2 aromatic carbocycles. The Morgan fingerprint density at radius 3 is 2.34 bits per heavy atom. The number of anilines is 1. The number of benzene rings is 2. The van der Waals surface area contributed by atoms with Crippen LogP contribution in [0, 0.1) is 11.3 Å². The molecule has 388 valence electrons. The summed E-state index contributed by atoms with van der Waals surface area (Å²) in [7, 11) is -1.33. The minimum atomic E-state index is -4.77. The standard InChI is InChI=1S/C46H54N11O15P/c1-5-6-11-30-14-16-32(17-15-30)66-25-40(60)71-33-20-38(56-27-48-41-42(56)52-45(53-43(41)61)51-37(59)24-65-31-12-8-7-9-13-31)70-36(33)23-68-73(63,67-19-10-18-47)72-34-21-39(69-35(34)22-64-29(2)58)57-28-50-44(54-46(57)62)49-26-55(3)4/h7-9,12-17,26-28,33-36,38-39H,5-6,10-11,19-25H2,1-4H3,(H2,51,52,53,59,61)/t33-,34-,35?,36?,38-,39-,73?/m1/s1. The number of rotatable bonds is 25. The number of carbonyl (C=O) groups is 3. The SMILES string of the molecule is CCCCc1ccc(OCC(=O)O[C@@H]2C[C@H](n3cnc4c(=O)[nH]c(NC(=O)COc5ccccc5)nc43)OC2COP(=O)(OCCC#N)O[C@@H]2C[C@H](n3cnc(N=CN(C)C)nc3=O)OC2COC(C)=O)cc1. The predicted molar refractivity (Wildman–Crippen MR) is 256 cm³/mol. The summed E-state index contributed by atoms with van der Waals surface area (Å²) in [6, 6.07) is 17.8. The second-order valence-corrected chi connectivity index (χ2v) is 18.3. The van der Waals surface area contributed by atoms with Gasteiger partial charge in [0.25, 0.3) is 17.4 Å². The highest BCUT2D eigenvalue weighted by Crippen LogP contribution is 2.54. The Morgan fingerprint density at radius 1 is 0.932 bits per heavy atom. The molecule has 7 rings (SSSR count). The van der Waals surface area contributed by atoms with E-state index >= 15 is 0 Å². The number of amides is 1. The number of esters is 2. The maximum atomic E-state index is 14.7. The average Bonchev–Trinajstić information content (AvgIpc) is 4.10. The van der Waals surface area contributed by atoms with E-state index in [1.54, 1.807) is 61.5 Å². The number of nitriles is 1. The lowest BCUT2D eigenvalue weighted by atomic mass is 10.1. The van der Waals surface area contributed by atoms with E-state index < -0.39 is 107 Å². The van der Waals surface area contributed by atoms with Gasteiger partial charge in [-0.05, 0) is 42.7 Å². The van der Waals surface area contributed by atoms with E-state index in [9.17, 15) is 33.8 Å². The summed E-state index contributed by atoms with van der Waals surface area (Å²) in [6.07, 6.45) is -0.675. The van der Waals surface area contributed by atoms with Crippen LogP contribution in [0.5, 0.6) is 11.5 Å². The van der Waals surface area contributed by atoms with Crippen molar-refractivity contribution in [2.45, 2.75) is 89.2 Å². The number of ether oxygens (including phenoxy) is 6. The van der Waals surface area contributed by atoms with Gasteiger partial charge in [0.1, 0.15) is 61.3 Å². The van der Waals surface area contributed by atoms with Gasteiger partial charge in [-0.25, -0.2) is 29.1 Å². The fourth-order valence-electron chi connectivity index (χ4n) is 7.38. The first kappa shape index (κ1) is 53.4. The van der Waals surface area contributed by atoms with Gasteiger partial charge < -0.3 is 33.3 Å². The fraction of sp³-hybridized carbons (Fsp3) is 0.457. The van der Waals surface area contributed by atoms with E-state index in [0.29, 0.717) is 11.5 Å². The highest BCUT2D eigenvalue weighted by atomic mass is 31.2. The van der Waals surface area contributed by atoms with Crippen LogP contribution >= 0.6 is 7.82 Å². The largest absolute Gasteiger partial charge is 0.484 e. The Labute approximate surface area is 417 Å². The van der Waals surface area contributed by atoms with E-state index in [1.165, 1.54) is 24.2 Å². The van der Waals surface area contributed by atoms with Crippen molar-refractivity contribution in [2.24, 2.45) is 4.99 Å². The van der Waals surface area contributed by atoms with Crippen molar-refractivity contribution in [2.75, 3.05) is 52.4 Å². The number of fused-ring (bicyclic) bond motifs is 1. The quantitative estimate of drug-likeness (QED) is 0.0275. The lowest BCUT2D eigenvalue weighted by Crippen LogP contribution is -2.33. The molecule has 2 saturated heterocycles. The molecule has 73 heavy (non-hydrogen) atoms. The van der Waals surface area contributed by atoms with Crippen LogP contribution in [-0.4, -0.2) is 135 Å². The number of H-pyrrole nitrogens is 1. The molecule has 0 bridgehead atoms. The Morgan fingerprint density at radius 2 is 1.63 bits per heavy atom. The number of nitrogens with zero attached hydrogens (tertiary/aromatic N) is 9. The maximum Gasteiger partial charge on any atom is 0.475 e. The molecule has 0 aliphatic carbocycles. The number of phosphoric acid groups is 1. The van der Waals surface area contributed by atoms with E-state index in [2.05, 4.69) is 42.2 Å². The molecule has 5 aromatic rings. The van der Waals surface area contributed by atoms with Gasteiger partial charge in [0.2, 0.25) is 5.95 Å². The van der Waals surface area contributed by atoms with Crippen LogP contribution < -0.4 is 26.0 Å². The summed E-state index contributed by atoms with van der Waals surface area (Å²) in [4.78, 5) is 89.3. The Balaban J connectivity index is 1.11. The van der Waals surface area contributed by atoms with Crippen LogP contribution in [0.15, 0.2) is 81.8 Å². The summed E-state index contributed by atoms with van der Waals surface area (Å²) in [5.41, 5.74) is -0.503. The van der Waals surface area contributed by atoms with Crippen molar-refractivity contribution in [3.63, 3.8) is 0 Å². The number of nitrogens with one attached hydrogen (secondary N) is 2. The number of hydrogen-bond donors (Lipinski definition) is 2. The van der Waals surface area contributed by atoms with Crippen molar-refractivity contribution >= 4 is 55.1 Å². The Kier molecular flexibility index (Phi) is 18.5. The molecule has 0 saturated carbocycles. The summed E-state index contributed by atoms with van der Waals surface area (Å²) >= 11 is 0. The molecule has 1 amide bonds. The smallest absolute Gasteiger partial charge is 0.475 e. The van der Waals surface area contributed by atoms with E-state index in [-0.39, 0.29) is 42.3 Å². The molecule has 2 aliphatic rings. The predicted octanol–water partition coefficient (Wildman–Crippen LogP) is 3.92. The van der Waals surface area contributed by atoms with Gasteiger partial charge in [0.15, 0.2) is 24.4 Å². The second kappa shape index (κ2) is 25.3. The van der Waals surface area contributed by atoms with Crippen LogP contribution in [0.3, 0.4) is 0 Å². The Bertz CT molecular complexity index is 2930. The number of phosphoric ester groups is 1. The van der Waals surface area contributed by atoms with E-state index in [4.69, 9.17) is 42.0 Å². The summed E-state index contributed by atoms with van der Waals surface area (Å²) in [5.74, 6) is -1.57. The fourth-order valence-corrected chi connectivity index (χ4v) is 8.77. The zero-order valence-electron chi connectivity index (χ0n) is 40.3. The number of unbranched alkanes of at least 4 members (excludes halogenated alkanes) is 1. The number of aliphatic imine (C=N–C) groups is 1. The third-order valence-corrected chi connectivity index (χ3v) is 12.4.